The molecule has 0 radical (unpaired) electrons. The van der Waals surface area contributed by atoms with Crippen LogP contribution in [0.3, 0.4) is 0 Å². The monoisotopic (exact) mass is 616 g/mol. The summed E-state index contributed by atoms with van der Waals surface area (Å²) in [5, 5.41) is 23.9. The molecule has 9 nitrogen and oxygen atoms in total. The van der Waals surface area contributed by atoms with Crippen molar-refractivity contribution in [2.75, 3.05) is 36.2 Å². The van der Waals surface area contributed by atoms with Gasteiger partial charge in [-0.25, -0.2) is 8.42 Å². The second-order valence-corrected chi connectivity index (χ2v) is 13.8. The van der Waals surface area contributed by atoms with Crippen LogP contribution in [0.2, 0.25) is 5.02 Å². The Labute approximate surface area is 245 Å². The van der Waals surface area contributed by atoms with Gasteiger partial charge in [-0.1, -0.05) is 29.4 Å². The lowest BCUT2D eigenvalue weighted by molar-refractivity contribution is 0.386. The highest BCUT2D eigenvalue weighted by molar-refractivity contribution is 8.11. The minimum absolute atomic E-state index is 0.114. The molecule has 0 amide bonds. The molecule has 13 heteroatoms. The Morgan fingerprint density at radius 1 is 0.875 bits per heavy atom. The molecule has 208 valence electrons. The molecule has 4 aromatic rings. The third-order valence-corrected chi connectivity index (χ3v) is 11.0. The standard InChI is InChI=1S/C27H25ClN4O5S3/c28-19-2-1-3-20(16-19)32-27(35)26(39-24-10-6-22(34)7-11-24)25(17-29-32)30-12-14-31(15-13-30)40(36,37)18-38-23-8-4-21(33)5-9-23/h1-11,16-17,33-34H,12-15,18H2. The van der Waals surface area contributed by atoms with Gasteiger partial charge in [0.1, 0.15) is 21.5 Å². The highest BCUT2D eigenvalue weighted by Crippen LogP contribution is 2.34. The smallest absolute Gasteiger partial charge is 0.287 e. The molecular weight excluding hydrogens is 592 g/mol. The number of halogens is 1. The second-order valence-electron chi connectivity index (χ2n) is 8.91. The van der Waals surface area contributed by atoms with Crippen LogP contribution >= 0.6 is 35.1 Å². The summed E-state index contributed by atoms with van der Waals surface area (Å²) in [6, 6.07) is 19.8. The average molecular weight is 617 g/mol. The van der Waals surface area contributed by atoms with Crippen molar-refractivity contribution < 1.29 is 18.6 Å². The first kappa shape index (κ1) is 28.4. The van der Waals surface area contributed by atoms with E-state index in [9.17, 15) is 23.4 Å². The number of phenols is 2. The van der Waals surface area contributed by atoms with Gasteiger partial charge in [-0.15, -0.1) is 11.8 Å². The summed E-state index contributed by atoms with van der Waals surface area (Å²) in [7, 11) is -3.53. The van der Waals surface area contributed by atoms with Gasteiger partial charge < -0.3 is 15.1 Å². The van der Waals surface area contributed by atoms with Gasteiger partial charge in [0.15, 0.2) is 0 Å². The first-order chi connectivity index (χ1) is 19.2. The van der Waals surface area contributed by atoms with E-state index in [4.69, 9.17) is 11.6 Å². The molecule has 0 bridgehead atoms. The molecule has 0 spiro atoms. The minimum atomic E-state index is -3.53. The third kappa shape index (κ3) is 6.58. The molecule has 1 aliphatic rings. The van der Waals surface area contributed by atoms with E-state index < -0.39 is 10.0 Å². The highest BCUT2D eigenvalue weighted by Gasteiger charge is 2.29. The number of piperazine rings is 1. The van der Waals surface area contributed by atoms with Gasteiger partial charge in [0, 0.05) is 41.0 Å². The van der Waals surface area contributed by atoms with Crippen LogP contribution in [-0.2, 0) is 10.0 Å². The number of aromatic hydroxyl groups is 2. The van der Waals surface area contributed by atoms with Gasteiger partial charge in [-0.3, -0.25) is 4.79 Å². The summed E-state index contributed by atoms with van der Waals surface area (Å²) in [5.74, 6) is 0.248. The molecule has 1 saturated heterocycles. The zero-order chi connectivity index (χ0) is 28.3. The van der Waals surface area contributed by atoms with E-state index in [-0.39, 0.29) is 35.2 Å². The third-order valence-electron chi connectivity index (χ3n) is 6.21. The summed E-state index contributed by atoms with van der Waals surface area (Å²) in [6.45, 7) is 1.29. The Kier molecular flexibility index (Phi) is 8.62. The number of thioether (sulfide) groups is 1. The van der Waals surface area contributed by atoms with Crippen LogP contribution in [0.25, 0.3) is 5.69 Å². The predicted octanol–water partition coefficient (Wildman–Crippen LogP) is 4.65. The Bertz CT molecular complexity index is 1660. The number of sulfonamides is 1. The van der Waals surface area contributed by atoms with Crippen LogP contribution < -0.4 is 10.5 Å². The SMILES string of the molecule is O=c1c(Sc2ccc(O)cc2)c(N2CCN(S(=O)(=O)CSc3ccc(O)cc3)CC2)cnn1-c1cccc(Cl)c1. The summed E-state index contributed by atoms with van der Waals surface area (Å²) in [4.78, 5) is 17.6. The van der Waals surface area contributed by atoms with Gasteiger partial charge in [0.05, 0.1) is 17.6 Å². The number of aromatic nitrogens is 2. The maximum absolute atomic E-state index is 13.7. The summed E-state index contributed by atoms with van der Waals surface area (Å²) in [6.07, 6.45) is 1.62. The van der Waals surface area contributed by atoms with Gasteiger partial charge in [0.25, 0.3) is 5.56 Å². The summed E-state index contributed by atoms with van der Waals surface area (Å²) >= 11 is 8.61. The van der Waals surface area contributed by atoms with Crippen LogP contribution in [0.5, 0.6) is 11.5 Å². The number of rotatable bonds is 8. The summed E-state index contributed by atoms with van der Waals surface area (Å²) < 4.78 is 28.8. The first-order valence-electron chi connectivity index (χ1n) is 12.2. The van der Waals surface area contributed by atoms with E-state index >= 15 is 0 Å². The number of benzene rings is 3. The normalized spacial score (nSPS) is 14.4. The maximum atomic E-state index is 13.7. The van der Waals surface area contributed by atoms with Crippen LogP contribution in [0.15, 0.2) is 98.5 Å². The minimum Gasteiger partial charge on any atom is -0.508 e. The van der Waals surface area contributed by atoms with E-state index in [0.717, 1.165) is 9.79 Å². The maximum Gasteiger partial charge on any atom is 0.287 e. The van der Waals surface area contributed by atoms with Crippen molar-refractivity contribution in [2.45, 2.75) is 14.7 Å². The molecule has 0 aliphatic carbocycles. The van der Waals surface area contributed by atoms with E-state index in [0.29, 0.717) is 34.4 Å². The fraction of sp³-hybridized carbons (Fsp3) is 0.185. The van der Waals surface area contributed by atoms with Gasteiger partial charge in [-0.05, 0) is 66.7 Å². The van der Waals surface area contributed by atoms with Gasteiger partial charge >= 0.3 is 0 Å². The van der Waals surface area contributed by atoms with Gasteiger partial charge in [0.2, 0.25) is 10.0 Å². The van der Waals surface area contributed by atoms with Crippen LogP contribution in [0.4, 0.5) is 5.69 Å². The van der Waals surface area contributed by atoms with Crippen molar-refractivity contribution >= 4 is 50.8 Å². The number of hydrogen-bond donors (Lipinski definition) is 2. The second kappa shape index (κ2) is 12.1. The molecule has 0 unspecified atom stereocenters. The number of phenolic OH excluding ortho intramolecular Hbond substituents is 2. The molecule has 0 atom stereocenters. The fourth-order valence-corrected chi connectivity index (χ4v) is 8.08. The quantitative estimate of drug-likeness (QED) is 0.273. The molecule has 0 saturated carbocycles. The Hall–Kier alpha value is -3.16. The average Bonchev–Trinajstić information content (AvgIpc) is 2.95. The molecule has 2 heterocycles. The molecule has 40 heavy (non-hydrogen) atoms. The van der Waals surface area contributed by atoms with Crippen LogP contribution in [-0.4, -0.2) is 64.0 Å². The fourth-order valence-electron chi connectivity index (χ4n) is 4.14. The van der Waals surface area contributed by atoms with Crippen LogP contribution in [0, 0.1) is 0 Å². The van der Waals surface area contributed by atoms with Crippen molar-refractivity contribution in [3.05, 3.63) is 94.4 Å². The zero-order valence-corrected chi connectivity index (χ0v) is 24.3. The summed E-state index contributed by atoms with van der Waals surface area (Å²) in [5.41, 5.74) is 0.800. The van der Waals surface area contributed by atoms with E-state index in [1.807, 2.05) is 4.90 Å². The molecular formula is C27H25ClN4O5S3. The topological polar surface area (TPSA) is 116 Å². The van der Waals surface area contributed by atoms with Gasteiger partial charge in [-0.2, -0.15) is 14.1 Å². The lowest BCUT2D eigenvalue weighted by atomic mass is 10.3. The van der Waals surface area contributed by atoms with E-state index in [1.54, 1.807) is 66.9 Å². The zero-order valence-electron chi connectivity index (χ0n) is 21.1. The highest BCUT2D eigenvalue weighted by atomic mass is 35.5. The number of anilines is 1. The van der Waals surface area contributed by atoms with Crippen molar-refractivity contribution in [1.29, 1.82) is 0 Å². The molecule has 3 aromatic carbocycles. The van der Waals surface area contributed by atoms with E-state index in [1.165, 1.54) is 44.6 Å². The number of hydrogen-bond acceptors (Lipinski definition) is 9. The predicted molar refractivity (Wildman–Crippen MR) is 159 cm³/mol. The van der Waals surface area contributed by atoms with Crippen molar-refractivity contribution in [3.63, 3.8) is 0 Å². The van der Waals surface area contributed by atoms with Crippen molar-refractivity contribution in [2.24, 2.45) is 0 Å². The molecule has 1 aliphatic heterocycles. The Balaban J connectivity index is 1.37. The number of nitrogens with zero attached hydrogens (tertiary/aromatic N) is 4. The lowest BCUT2D eigenvalue weighted by Gasteiger charge is -2.35. The first-order valence-corrected chi connectivity index (χ1v) is 16.0. The Morgan fingerprint density at radius 2 is 1.50 bits per heavy atom. The van der Waals surface area contributed by atoms with Crippen molar-refractivity contribution in [3.8, 4) is 17.2 Å². The molecule has 2 N–H and O–H groups in total. The largest absolute Gasteiger partial charge is 0.508 e. The Morgan fingerprint density at radius 3 is 2.12 bits per heavy atom. The molecule has 1 aromatic heterocycles. The lowest BCUT2D eigenvalue weighted by Crippen LogP contribution is -2.49. The van der Waals surface area contributed by atoms with E-state index in [2.05, 4.69) is 5.10 Å². The molecule has 5 rings (SSSR count). The molecule has 1 fully saturated rings. The van der Waals surface area contributed by atoms with Crippen LogP contribution in [0.1, 0.15) is 0 Å². The van der Waals surface area contributed by atoms with Crippen molar-refractivity contribution in [1.82, 2.24) is 14.1 Å².